The molecule has 3 fully saturated rings. The van der Waals surface area contributed by atoms with E-state index in [0.717, 1.165) is 49.7 Å². The molecule has 1 heterocycles. The van der Waals surface area contributed by atoms with Crippen LogP contribution in [-0.2, 0) is 9.84 Å². The van der Waals surface area contributed by atoms with E-state index in [1.54, 1.807) is 10.9 Å². The van der Waals surface area contributed by atoms with Gasteiger partial charge in [-0.2, -0.15) is 18.3 Å². The van der Waals surface area contributed by atoms with Crippen LogP contribution in [-0.4, -0.2) is 41.7 Å². The third-order valence-electron chi connectivity index (χ3n) is 7.49. The van der Waals surface area contributed by atoms with Crippen LogP contribution in [0.15, 0.2) is 35.4 Å². The third kappa shape index (κ3) is 5.24. The number of nitrogens with one attached hydrogen (secondary N) is 2. The molecule has 0 atom stereocenters. The molecule has 3 aliphatic rings. The Balaban J connectivity index is 1.24. The summed E-state index contributed by atoms with van der Waals surface area (Å²) in [7, 11) is -5.44. The Kier molecular flexibility index (Phi) is 6.52. The first kappa shape index (κ1) is 25.1. The zero-order valence-electron chi connectivity index (χ0n) is 19.7. The van der Waals surface area contributed by atoms with Gasteiger partial charge in [0.1, 0.15) is 5.56 Å². The lowest BCUT2D eigenvalue weighted by molar-refractivity contribution is -0.0436. The molecule has 3 saturated carbocycles. The summed E-state index contributed by atoms with van der Waals surface area (Å²) in [4.78, 5) is 11.2. The highest BCUT2D eigenvalue weighted by molar-refractivity contribution is 7.92. The molecular weight excluding hydrogens is 495 g/mol. The van der Waals surface area contributed by atoms with E-state index in [9.17, 15) is 26.4 Å². The van der Waals surface area contributed by atoms with Gasteiger partial charge in [-0.15, -0.1) is 0 Å². The minimum atomic E-state index is -5.44. The number of hydrogen-bond donors (Lipinski definition) is 3. The number of sulfone groups is 1. The number of carbonyl (C=O) groups is 1. The average Bonchev–Trinajstić information content (AvgIpc) is 3.76. The lowest BCUT2D eigenvalue weighted by atomic mass is 9.90. The number of rotatable bonds is 9. The fourth-order valence-electron chi connectivity index (χ4n) is 5.19. The second kappa shape index (κ2) is 9.37. The lowest BCUT2D eigenvalue weighted by Gasteiger charge is -2.32. The third-order valence-corrected chi connectivity index (χ3v) is 8.99. The molecule has 2 aromatic rings. The molecule has 4 N–H and O–H groups in total. The number of amides is 1. The second-order valence-electron chi connectivity index (χ2n) is 10.2. The number of hydrogen-bond acceptors (Lipinski definition) is 6. The maximum absolute atomic E-state index is 12.8. The maximum Gasteiger partial charge on any atom is 0.501 e. The Morgan fingerprint density at radius 1 is 1.00 bits per heavy atom. The molecule has 12 heteroatoms. The molecule has 8 nitrogen and oxygen atoms in total. The molecule has 1 aromatic carbocycles. The zero-order chi connectivity index (χ0) is 25.7. The lowest BCUT2D eigenvalue weighted by Crippen LogP contribution is -2.43. The second-order valence-corrected chi connectivity index (χ2v) is 12.1. The van der Waals surface area contributed by atoms with Gasteiger partial charge >= 0.3 is 5.51 Å². The van der Waals surface area contributed by atoms with Gasteiger partial charge in [0.05, 0.1) is 10.9 Å². The number of nitrogens with zero attached hydrogens (tertiary/aromatic N) is 2. The summed E-state index contributed by atoms with van der Waals surface area (Å²) in [5.74, 6) is 1.18. The van der Waals surface area contributed by atoms with E-state index in [0.29, 0.717) is 12.1 Å². The Labute approximate surface area is 207 Å². The first-order valence-corrected chi connectivity index (χ1v) is 13.8. The van der Waals surface area contributed by atoms with Gasteiger partial charge in [0, 0.05) is 24.0 Å². The van der Waals surface area contributed by atoms with Crippen LogP contribution in [0, 0.1) is 11.8 Å². The molecule has 0 radical (unpaired) electrons. The van der Waals surface area contributed by atoms with Crippen molar-refractivity contribution in [2.75, 3.05) is 5.32 Å². The van der Waals surface area contributed by atoms with Crippen molar-refractivity contribution < 1.29 is 26.4 Å². The summed E-state index contributed by atoms with van der Waals surface area (Å²) in [6.07, 6.45) is 10.8. The van der Waals surface area contributed by atoms with Crippen LogP contribution in [0.1, 0.15) is 67.8 Å². The fraction of sp³-hybridized carbons (Fsp3) is 0.583. The Morgan fingerprint density at radius 3 is 2.08 bits per heavy atom. The number of carbonyl (C=O) groups excluding carboxylic acids is 1. The molecule has 5 rings (SSSR count). The molecule has 36 heavy (non-hydrogen) atoms. The van der Waals surface area contributed by atoms with Crippen molar-refractivity contribution in [2.24, 2.45) is 17.6 Å². The van der Waals surface area contributed by atoms with Gasteiger partial charge in [-0.3, -0.25) is 9.48 Å². The van der Waals surface area contributed by atoms with E-state index in [1.165, 1.54) is 37.8 Å². The Hall–Kier alpha value is -2.60. The number of nitrogens with two attached hydrogens (primary N) is 1. The predicted molar refractivity (Wildman–Crippen MR) is 127 cm³/mol. The minimum Gasteiger partial charge on any atom is -0.365 e. The summed E-state index contributed by atoms with van der Waals surface area (Å²) in [6, 6.07) is 5.35. The molecule has 0 saturated heterocycles. The van der Waals surface area contributed by atoms with E-state index in [1.807, 2.05) is 0 Å². The van der Waals surface area contributed by atoms with Crippen LogP contribution in [0.3, 0.4) is 0 Å². The van der Waals surface area contributed by atoms with Gasteiger partial charge in [0.15, 0.2) is 5.82 Å². The van der Waals surface area contributed by atoms with Gasteiger partial charge in [0.25, 0.3) is 15.7 Å². The first-order chi connectivity index (χ1) is 17.0. The normalized spacial score (nSPS) is 23.1. The number of benzene rings is 1. The van der Waals surface area contributed by atoms with E-state index < -0.39 is 26.1 Å². The number of alkyl halides is 3. The van der Waals surface area contributed by atoms with Crippen molar-refractivity contribution in [3.8, 4) is 0 Å². The SMILES string of the molecule is NC(=O)c1cn([C@H]2CC[C@@H](NC(C3CC3)C3CC3)CC2)nc1Nc1ccc(S(=O)(=O)C(F)(F)F)cc1. The van der Waals surface area contributed by atoms with Gasteiger partial charge in [0.2, 0.25) is 0 Å². The van der Waals surface area contributed by atoms with Crippen molar-refractivity contribution in [2.45, 2.75) is 79.9 Å². The highest BCUT2D eigenvalue weighted by Gasteiger charge is 2.47. The van der Waals surface area contributed by atoms with Gasteiger partial charge < -0.3 is 16.4 Å². The highest BCUT2D eigenvalue weighted by Crippen LogP contribution is 2.45. The maximum atomic E-state index is 12.8. The van der Waals surface area contributed by atoms with E-state index in [2.05, 4.69) is 15.7 Å². The smallest absolute Gasteiger partial charge is 0.365 e. The van der Waals surface area contributed by atoms with E-state index >= 15 is 0 Å². The topological polar surface area (TPSA) is 119 Å². The van der Waals surface area contributed by atoms with Crippen LogP contribution in [0.2, 0.25) is 0 Å². The first-order valence-electron chi connectivity index (χ1n) is 12.4. The monoisotopic (exact) mass is 525 g/mol. The van der Waals surface area contributed by atoms with Crippen molar-refractivity contribution >= 4 is 27.2 Å². The van der Waals surface area contributed by atoms with Gasteiger partial charge in [-0.05, 0) is 87.5 Å². The van der Waals surface area contributed by atoms with Crippen molar-refractivity contribution in [3.63, 3.8) is 0 Å². The summed E-state index contributed by atoms with van der Waals surface area (Å²) >= 11 is 0. The van der Waals surface area contributed by atoms with E-state index in [4.69, 9.17) is 5.73 Å². The van der Waals surface area contributed by atoms with Crippen LogP contribution in [0.25, 0.3) is 0 Å². The Morgan fingerprint density at radius 2 is 1.58 bits per heavy atom. The highest BCUT2D eigenvalue weighted by atomic mass is 32.2. The molecular formula is C24H30F3N5O3S. The summed E-state index contributed by atoms with van der Waals surface area (Å²) < 4.78 is 63.2. The number of primary amides is 1. The fourth-order valence-corrected chi connectivity index (χ4v) is 5.95. The van der Waals surface area contributed by atoms with Crippen molar-refractivity contribution in [3.05, 3.63) is 36.0 Å². The molecule has 1 aromatic heterocycles. The van der Waals surface area contributed by atoms with Gasteiger partial charge in [-0.1, -0.05) is 0 Å². The quantitative estimate of drug-likeness (QED) is 0.450. The molecule has 0 aliphatic heterocycles. The zero-order valence-corrected chi connectivity index (χ0v) is 20.5. The molecule has 3 aliphatic carbocycles. The van der Waals surface area contributed by atoms with Crippen LogP contribution < -0.4 is 16.4 Å². The minimum absolute atomic E-state index is 0.108. The number of aromatic nitrogens is 2. The van der Waals surface area contributed by atoms with Crippen LogP contribution in [0.4, 0.5) is 24.7 Å². The largest absolute Gasteiger partial charge is 0.501 e. The number of halogens is 3. The number of anilines is 2. The molecule has 0 spiro atoms. The molecule has 0 bridgehead atoms. The van der Waals surface area contributed by atoms with E-state index in [-0.39, 0.29) is 23.1 Å². The molecule has 196 valence electrons. The standard InChI is InChI=1S/C24H30F3N5O3S/c25-24(26,27)36(34,35)19-11-7-17(8-12-19)30-23-20(22(28)33)13-32(31-23)18-9-5-16(6-10-18)29-21(14-1-2-14)15-3-4-15/h7-8,11-16,18,21,29H,1-6,9-10H2,(H2,28,33)(H,30,31)/t16-,18+. The van der Waals surface area contributed by atoms with Crippen LogP contribution in [0.5, 0.6) is 0 Å². The van der Waals surface area contributed by atoms with Crippen LogP contribution >= 0.6 is 0 Å². The van der Waals surface area contributed by atoms with Crippen molar-refractivity contribution in [1.82, 2.24) is 15.1 Å². The molecule has 1 amide bonds. The Bertz CT molecular complexity index is 1200. The van der Waals surface area contributed by atoms with Crippen molar-refractivity contribution in [1.29, 1.82) is 0 Å². The van der Waals surface area contributed by atoms with Gasteiger partial charge in [-0.25, -0.2) is 8.42 Å². The predicted octanol–water partition coefficient (Wildman–Crippen LogP) is 4.28. The summed E-state index contributed by atoms with van der Waals surface area (Å²) in [5.41, 5.74) is 0.593. The summed E-state index contributed by atoms with van der Waals surface area (Å²) in [6.45, 7) is 0. The molecule has 0 unspecified atom stereocenters. The summed E-state index contributed by atoms with van der Waals surface area (Å²) in [5, 5.41) is 11.3. The average molecular weight is 526 g/mol.